The lowest BCUT2D eigenvalue weighted by Crippen LogP contribution is -2.57. The van der Waals surface area contributed by atoms with Gasteiger partial charge in [-0.1, -0.05) is 11.6 Å². The summed E-state index contributed by atoms with van der Waals surface area (Å²) in [7, 11) is 3.51. The third-order valence-corrected chi connectivity index (χ3v) is 3.45. The Morgan fingerprint density at radius 2 is 2.25 bits per heavy atom. The highest BCUT2D eigenvalue weighted by molar-refractivity contribution is 6.31. The van der Waals surface area contributed by atoms with Crippen LogP contribution in [0.3, 0.4) is 0 Å². The van der Waals surface area contributed by atoms with E-state index in [0.717, 1.165) is 13.1 Å². The minimum Gasteiger partial charge on any atom is -0.495 e. The van der Waals surface area contributed by atoms with Crippen molar-refractivity contribution in [3.8, 4) is 5.75 Å². The smallest absolute Gasteiger partial charge is 0.238 e. The first-order valence-corrected chi connectivity index (χ1v) is 6.52. The van der Waals surface area contributed by atoms with Crippen LogP contribution >= 0.6 is 24.0 Å². The van der Waals surface area contributed by atoms with E-state index < -0.39 is 0 Å². The summed E-state index contributed by atoms with van der Waals surface area (Å²) in [5.41, 5.74) is 0.597. The van der Waals surface area contributed by atoms with E-state index >= 15 is 0 Å². The highest BCUT2D eigenvalue weighted by Crippen LogP contribution is 2.27. The topological polar surface area (TPSA) is 53.6 Å². The van der Waals surface area contributed by atoms with Crippen LogP contribution in [0.5, 0.6) is 5.75 Å². The van der Waals surface area contributed by atoms with E-state index in [4.69, 9.17) is 16.3 Å². The van der Waals surface area contributed by atoms with E-state index in [9.17, 15) is 4.79 Å². The molecule has 0 aliphatic carbocycles. The molecule has 20 heavy (non-hydrogen) atoms. The van der Waals surface area contributed by atoms with E-state index in [2.05, 4.69) is 10.6 Å². The number of amides is 1. The summed E-state index contributed by atoms with van der Waals surface area (Å²) in [4.78, 5) is 14.0. The SMILES string of the molecule is COc1ccc(Cl)cc1NC(=O)CN(C)C1CNC1.Cl. The number of nitrogens with one attached hydrogen (secondary N) is 2. The molecule has 1 amide bonds. The molecule has 0 aromatic heterocycles. The van der Waals surface area contributed by atoms with Crippen molar-refractivity contribution in [2.24, 2.45) is 0 Å². The number of nitrogens with zero attached hydrogens (tertiary/aromatic N) is 1. The minimum absolute atomic E-state index is 0. The molecule has 1 aromatic carbocycles. The fraction of sp³-hybridized carbons (Fsp3) is 0.462. The fourth-order valence-electron chi connectivity index (χ4n) is 1.91. The number of ether oxygens (including phenoxy) is 1. The Labute approximate surface area is 130 Å². The van der Waals surface area contributed by atoms with Gasteiger partial charge in [-0.15, -0.1) is 12.4 Å². The van der Waals surface area contributed by atoms with Crippen molar-refractivity contribution in [1.29, 1.82) is 0 Å². The van der Waals surface area contributed by atoms with Crippen LogP contribution in [0.4, 0.5) is 5.69 Å². The highest BCUT2D eigenvalue weighted by Gasteiger charge is 2.23. The summed E-state index contributed by atoms with van der Waals surface area (Å²) in [6, 6.07) is 5.58. The van der Waals surface area contributed by atoms with E-state index in [-0.39, 0.29) is 18.3 Å². The Morgan fingerprint density at radius 1 is 1.55 bits per heavy atom. The second kappa shape index (κ2) is 7.69. The summed E-state index contributed by atoms with van der Waals surface area (Å²) in [5.74, 6) is 0.528. The number of likely N-dealkylation sites (N-methyl/N-ethyl adjacent to an activating group) is 1. The summed E-state index contributed by atoms with van der Waals surface area (Å²) in [6.07, 6.45) is 0. The van der Waals surface area contributed by atoms with E-state index in [1.807, 2.05) is 11.9 Å². The average molecular weight is 320 g/mol. The average Bonchev–Trinajstić information content (AvgIpc) is 2.26. The zero-order valence-corrected chi connectivity index (χ0v) is 13.1. The van der Waals surface area contributed by atoms with Gasteiger partial charge >= 0.3 is 0 Å². The van der Waals surface area contributed by atoms with Crippen molar-refractivity contribution in [1.82, 2.24) is 10.2 Å². The van der Waals surface area contributed by atoms with Gasteiger partial charge in [0.15, 0.2) is 0 Å². The number of benzene rings is 1. The van der Waals surface area contributed by atoms with Gasteiger partial charge < -0.3 is 15.4 Å². The largest absolute Gasteiger partial charge is 0.495 e. The van der Waals surface area contributed by atoms with Crippen LogP contribution in [-0.4, -0.2) is 50.6 Å². The molecule has 112 valence electrons. The number of carbonyl (C=O) groups excluding carboxylic acids is 1. The first kappa shape index (κ1) is 17.0. The zero-order chi connectivity index (χ0) is 13.8. The summed E-state index contributed by atoms with van der Waals surface area (Å²) >= 11 is 5.92. The molecule has 0 spiro atoms. The number of hydrogen-bond acceptors (Lipinski definition) is 4. The molecule has 1 saturated heterocycles. The molecule has 0 saturated carbocycles. The third-order valence-electron chi connectivity index (χ3n) is 3.21. The molecule has 2 N–H and O–H groups in total. The number of carbonyl (C=O) groups is 1. The van der Waals surface area contributed by atoms with Crippen LogP contribution in [-0.2, 0) is 4.79 Å². The first-order valence-electron chi connectivity index (χ1n) is 6.14. The predicted octanol–water partition coefficient (Wildman–Crippen LogP) is 1.61. The van der Waals surface area contributed by atoms with E-state index in [1.54, 1.807) is 25.3 Å². The second-order valence-electron chi connectivity index (χ2n) is 4.62. The van der Waals surface area contributed by atoms with Gasteiger partial charge in [-0.05, 0) is 25.2 Å². The van der Waals surface area contributed by atoms with Crippen LogP contribution < -0.4 is 15.4 Å². The molecule has 0 atom stereocenters. The maximum Gasteiger partial charge on any atom is 0.238 e. The molecule has 7 heteroatoms. The highest BCUT2D eigenvalue weighted by atomic mass is 35.5. The summed E-state index contributed by atoms with van der Waals surface area (Å²) in [6.45, 7) is 2.22. The quantitative estimate of drug-likeness (QED) is 0.866. The van der Waals surface area contributed by atoms with Gasteiger partial charge in [-0.25, -0.2) is 0 Å². The van der Waals surface area contributed by atoms with Gasteiger partial charge in [0.25, 0.3) is 0 Å². The number of rotatable bonds is 5. The minimum atomic E-state index is -0.0741. The Bertz CT molecular complexity index is 467. The lowest BCUT2D eigenvalue weighted by atomic mass is 10.1. The maximum atomic E-state index is 12.0. The maximum absolute atomic E-state index is 12.0. The third kappa shape index (κ3) is 4.24. The standard InChI is InChI=1S/C13H18ClN3O2.ClH/c1-17(10-6-15-7-10)8-13(18)16-11-5-9(14)3-4-12(11)19-2;/h3-5,10,15H,6-8H2,1-2H3,(H,16,18);1H. The van der Waals surface area contributed by atoms with Gasteiger partial charge in [0, 0.05) is 24.2 Å². The van der Waals surface area contributed by atoms with Gasteiger partial charge in [0.1, 0.15) is 5.75 Å². The van der Waals surface area contributed by atoms with Gasteiger partial charge in [-0.3, -0.25) is 9.69 Å². The Balaban J connectivity index is 0.00000200. The van der Waals surface area contributed by atoms with Crippen LogP contribution in [0.15, 0.2) is 18.2 Å². The molecular weight excluding hydrogens is 301 g/mol. The monoisotopic (exact) mass is 319 g/mol. The van der Waals surface area contributed by atoms with Crippen molar-refractivity contribution in [2.75, 3.05) is 39.1 Å². The molecule has 1 aliphatic rings. The van der Waals surface area contributed by atoms with Crippen molar-refractivity contribution >= 4 is 35.6 Å². The van der Waals surface area contributed by atoms with Crippen molar-refractivity contribution < 1.29 is 9.53 Å². The Morgan fingerprint density at radius 3 is 2.80 bits per heavy atom. The van der Waals surface area contributed by atoms with Crippen LogP contribution in [0.2, 0.25) is 5.02 Å². The van der Waals surface area contributed by atoms with Crippen molar-refractivity contribution in [2.45, 2.75) is 6.04 Å². The molecule has 1 fully saturated rings. The second-order valence-corrected chi connectivity index (χ2v) is 5.06. The number of halogens is 2. The molecule has 1 heterocycles. The Hall–Kier alpha value is -1.01. The van der Waals surface area contributed by atoms with E-state index in [1.165, 1.54) is 0 Å². The zero-order valence-electron chi connectivity index (χ0n) is 11.5. The van der Waals surface area contributed by atoms with Crippen LogP contribution in [0.25, 0.3) is 0 Å². The molecule has 0 unspecified atom stereocenters. The molecule has 0 bridgehead atoms. The van der Waals surface area contributed by atoms with Gasteiger partial charge in [0.2, 0.25) is 5.91 Å². The predicted molar refractivity (Wildman–Crippen MR) is 83.2 cm³/mol. The van der Waals surface area contributed by atoms with Gasteiger partial charge in [-0.2, -0.15) is 0 Å². The molecule has 0 radical (unpaired) electrons. The lowest BCUT2D eigenvalue weighted by molar-refractivity contribution is -0.117. The van der Waals surface area contributed by atoms with Gasteiger partial charge in [0.05, 0.1) is 19.3 Å². The van der Waals surface area contributed by atoms with Crippen LogP contribution in [0, 0.1) is 0 Å². The molecule has 1 aromatic rings. The number of anilines is 1. The van der Waals surface area contributed by atoms with Crippen molar-refractivity contribution in [3.63, 3.8) is 0 Å². The first-order chi connectivity index (χ1) is 9.10. The van der Waals surface area contributed by atoms with E-state index in [0.29, 0.717) is 29.0 Å². The normalized spacial score (nSPS) is 14.4. The lowest BCUT2D eigenvalue weighted by Gasteiger charge is -2.35. The summed E-state index contributed by atoms with van der Waals surface area (Å²) < 4.78 is 5.19. The molecule has 5 nitrogen and oxygen atoms in total. The molecular formula is C13H19Cl2N3O2. The number of methoxy groups -OCH3 is 1. The Kier molecular flexibility index (Phi) is 6.55. The van der Waals surface area contributed by atoms with Crippen molar-refractivity contribution in [3.05, 3.63) is 23.2 Å². The molecule has 2 rings (SSSR count). The fourth-order valence-corrected chi connectivity index (χ4v) is 2.08. The summed E-state index contributed by atoms with van der Waals surface area (Å²) in [5, 5.41) is 6.57. The van der Waals surface area contributed by atoms with Crippen LogP contribution in [0.1, 0.15) is 0 Å². The number of hydrogen-bond donors (Lipinski definition) is 2. The molecule has 1 aliphatic heterocycles.